The van der Waals surface area contributed by atoms with Crippen molar-refractivity contribution in [3.8, 4) is 5.75 Å². The molecule has 1 aromatic rings. The number of likely N-dealkylation sites (N-methyl/N-ethyl adjacent to an activating group) is 1. The van der Waals surface area contributed by atoms with Crippen molar-refractivity contribution in [2.45, 2.75) is 30.9 Å². The molecular weight excluding hydrogens is 404 g/mol. The molecule has 1 amide bonds. The SMILES string of the molecule is C[C@H]1c2cccc(O)c2C(=O)C2=C(O)[C@]3(O)C(=O)C(C(N)=O)=C(O)[C@@H](N(C)C)[C@@H]3C[C@@H]21. The number of rotatable bonds is 2. The second kappa shape index (κ2) is 6.66. The molecule has 3 aliphatic rings. The van der Waals surface area contributed by atoms with Crippen LogP contribution < -0.4 is 5.73 Å². The van der Waals surface area contributed by atoms with Gasteiger partial charge >= 0.3 is 0 Å². The molecule has 0 spiro atoms. The molecule has 0 saturated heterocycles. The highest BCUT2D eigenvalue weighted by Crippen LogP contribution is 2.55. The monoisotopic (exact) mass is 428 g/mol. The number of nitrogens with two attached hydrogens (primary N) is 1. The largest absolute Gasteiger partial charge is 0.510 e. The van der Waals surface area contributed by atoms with E-state index in [0.717, 1.165) is 0 Å². The number of carbonyl (C=O) groups is 3. The van der Waals surface area contributed by atoms with Gasteiger partial charge in [-0.05, 0) is 44.0 Å². The molecule has 164 valence electrons. The molecule has 9 heteroatoms. The van der Waals surface area contributed by atoms with Gasteiger partial charge in [-0.15, -0.1) is 0 Å². The van der Waals surface area contributed by atoms with Crippen LogP contribution in [0.3, 0.4) is 0 Å². The van der Waals surface area contributed by atoms with Gasteiger partial charge in [0.2, 0.25) is 5.78 Å². The number of Topliss-reactive ketones (excluding diaryl/α,β-unsaturated/α-hetero) is 2. The molecule has 4 rings (SSSR count). The topological polar surface area (TPSA) is 161 Å². The number of phenolic OH excluding ortho intramolecular Hbond substituents is 1. The highest BCUT2D eigenvalue weighted by molar-refractivity contribution is 6.24. The fraction of sp³-hybridized carbons (Fsp3) is 0.409. The van der Waals surface area contributed by atoms with Gasteiger partial charge in [-0.1, -0.05) is 19.1 Å². The van der Waals surface area contributed by atoms with Crippen molar-refractivity contribution in [2.24, 2.45) is 17.6 Å². The maximum atomic E-state index is 13.3. The normalized spacial score (nSPS) is 32.7. The summed E-state index contributed by atoms with van der Waals surface area (Å²) in [6.07, 6.45) is 0.0720. The van der Waals surface area contributed by atoms with E-state index in [0.29, 0.717) is 5.56 Å². The van der Waals surface area contributed by atoms with Crippen LogP contribution in [0, 0.1) is 11.8 Å². The predicted octanol–water partition coefficient (Wildman–Crippen LogP) is 0.682. The van der Waals surface area contributed by atoms with Crippen LogP contribution in [-0.2, 0) is 9.59 Å². The summed E-state index contributed by atoms with van der Waals surface area (Å²) in [6, 6.07) is 3.68. The van der Waals surface area contributed by atoms with Gasteiger partial charge < -0.3 is 26.2 Å². The average Bonchev–Trinajstić information content (AvgIpc) is 2.68. The Morgan fingerprint density at radius 3 is 2.42 bits per heavy atom. The Bertz CT molecular complexity index is 1100. The molecule has 1 aromatic carbocycles. The van der Waals surface area contributed by atoms with Gasteiger partial charge in [-0.3, -0.25) is 19.3 Å². The number of ketones is 2. The lowest BCUT2D eigenvalue weighted by atomic mass is 9.56. The lowest BCUT2D eigenvalue weighted by molar-refractivity contribution is -0.148. The third-order valence-corrected chi connectivity index (χ3v) is 6.97. The first-order valence-corrected chi connectivity index (χ1v) is 9.91. The number of primary amides is 1. The Balaban J connectivity index is 2.01. The number of aromatic hydroxyl groups is 1. The molecule has 9 nitrogen and oxygen atoms in total. The molecule has 31 heavy (non-hydrogen) atoms. The van der Waals surface area contributed by atoms with E-state index < -0.39 is 58.0 Å². The minimum absolute atomic E-state index is 0.00998. The van der Waals surface area contributed by atoms with Gasteiger partial charge in [-0.2, -0.15) is 0 Å². The van der Waals surface area contributed by atoms with Crippen LogP contribution in [0.1, 0.15) is 35.2 Å². The molecule has 0 heterocycles. The molecule has 6 N–H and O–H groups in total. The van der Waals surface area contributed by atoms with E-state index in [1.807, 2.05) is 6.92 Å². The molecule has 0 unspecified atom stereocenters. The van der Waals surface area contributed by atoms with E-state index in [4.69, 9.17) is 5.73 Å². The summed E-state index contributed by atoms with van der Waals surface area (Å²) in [4.78, 5) is 39.9. The zero-order chi connectivity index (χ0) is 23.0. The lowest BCUT2D eigenvalue weighted by Crippen LogP contribution is -2.64. The molecule has 0 aromatic heterocycles. The van der Waals surface area contributed by atoms with Gasteiger partial charge in [0.25, 0.3) is 5.91 Å². The summed E-state index contributed by atoms with van der Waals surface area (Å²) in [7, 11) is 3.18. The number of allylic oxidation sites excluding steroid dienone is 1. The van der Waals surface area contributed by atoms with Crippen LogP contribution in [0.4, 0.5) is 0 Å². The van der Waals surface area contributed by atoms with Crippen LogP contribution in [0.15, 0.2) is 40.9 Å². The lowest BCUT2D eigenvalue weighted by Gasteiger charge is -2.51. The fourth-order valence-corrected chi connectivity index (χ4v) is 5.51. The molecule has 0 saturated carbocycles. The van der Waals surface area contributed by atoms with Crippen molar-refractivity contribution in [3.05, 3.63) is 52.0 Å². The van der Waals surface area contributed by atoms with Crippen molar-refractivity contribution < 1.29 is 34.8 Å². The Hall–Kier alpha value is -3.17. The average molecular weight is 428 g/mol. The van der Waals surface area contributed by atoms with Crippen LogP contribution in [0.25, 0.3) is 0 Å². The highest BCUT2D eigenvalue weighted by Gasteiger charge is 2.63. The number of hydrogen-bond acceptors (Lipinski definition) is 8. The molecule has 0 aliphatic heterocycles. The Kier molecular flexibility index (Phi) is 4.53. The van der Waals surface area contributed by atoms with Crippen molar-refractivity contribution in [1.29, 1.82) is 0 Å². The summed E-state index contributed by atoms with van der Waals surface area (Å²) in [5, 5.41) is 43.6. The zero-order valence-electron chi connectivity index (χ0n) is 17.3. The van der Waals surface area contributed by atoms with Gasteiger partial charge in [0.1, 0.15) is 22.8 Å². The molecule has 0 bridgehead atoms. The number of benzene rings is 1. The van der Waals surface area contributed by atoms with E-state index in [9.17, 15) is 34.8 Å². The number of carbonyl (C=O) groups excluding carboxylic acids is 3. The summed E-state index contributed by atoms with van der Waals surface area (Å²) >= 11 is 0. The molecule has 3 aliphatic carbocycles. The summed E-state index contributed by atoms with van der Waals surface area (Å²) in [6.45, 7) is 1.83. The fourth-order valence-electron chi connectivity index (χ4n) is 5.51. The third kappa shape index (κ3) is 2.53. The van der Waals surface area contributed by atoms with Gasteiger partial charge in [0, 0.05) is 11.5 Å². The summed E-state index contributed by atoms with van der Waals surface area (Å²) in [5.41, 5.74) is 2.31. The van der Waals surface area contributed by atoms with E-state index in [2.05, 4.69) is 0 Å². The second-order valence-electron chi connectivity index (χ2n) is 8.70. The molecule has 0 fully saturated rings. The third-order valence-electron chi connectivity index (χ3n) is 6.97. The quantitative estimate of drug-likeness (QED) is 0.430. The van der Waals surface area contributed by atoms with Gasteiger partial charge in [0.15, 0.2) is 11.4 Å². The first kappa shape index (κ1) is 21.1. The standard InChI is InChI=1S/C22H24N2O7/c1-8-9-5-4-6-12(25)13(9)17(26)14-10(8)7-11-16(24(2)3)18(27)15(21(23)30)20(29)22(11,31)19(14)28/h4-6,8,10-11,16,25,27-28,31H,7H2,1-3H3,(H2,23,30)/t8-,10+,11-,16-,22-/m0/s1. The number of nitrogens with zero attached hydrogens (tertiary/aromatic N) is 1. The number of aliphatic hydroxyl groups is 3. The van der Waals surface area contributed by atoms with E-state index in [1.54, 1.807) is 26.2 Å². The highest BCUT2D eigenvalue weighted by atomic mass is 16.3. The second-order valence-corrected chi connectivity index (χ2v) is 8.70. The van der Waals surface area contributed by atoms with Crippen LogP contribution >= 0.6 is 0 Å². The van der Waals surface area contributed by atoms with Crippen molar-refractivity contribution in [1.82, 2.24) is 4.90 Å². The zero-order valence-corrected chi connectivity index (χ0v) is 17.3. The molecular formula is C22H24N2O7. The van der Waals surface area contributed by atoms with Crippen LogP contribution in [0.2, 0.25) is 0 Å². The number of fused-ring (bicyclic) bond motifs is 3. The van der Waals surface area contributed by atoms with Crippen molar-refractivity contribution in [2.75, 3.05) is 14.1 Å². The first-order chi connectivity index (χ1) is 14.4. The minimum atomic E-state index is -2.62. The smallest absolute Gasteiger partial charge is 0.255 e. The van der Waals surface area contributed by atoms with Crippen LogP contribution in [-0.4, -0.2) is 68.5 Å². The van der Waals surface area contributed by atoms with E-state index in [-0.39, 0.29) is 29.2 Å². The Morgan fingerprint density at radius 2 is 1.84 bits per heavy atom. The van der Waals surface area contributed by atoms with Gasteiger partial charge in [-0.25, -0.2) is 0 Å². The number of aliphatic hydroxyl groups excluding tert-OH is 2. The van der Waals surface area contributed by atoms with Crippen LogP contribution in [0.5, 0.6) is 5.75 Å². The minimum Gasteiger partial charge on any atom is -0.510 e. The van der Waals surface area contributed by atoms with Crippen molar-refractivity contribution in [3.63, 3.8) is 0 Å². The van der Waals surface area contributed by atoms with E-state index in [1.165, 1.54) is 11.0 Å². The van der Waals surface area contributed by atoms with E-state index >= 15 is 0 Å². The Morgan fingerprint density at radius 1 is 1.19 bits per heavy atom. The summed E-state index contributed by atoms with van der Waals surface area (Å²) < 4.78 is 0. The number of hydrogen-bond donors (Lipinski definition) is 5. The predicted molar refractivity (Wildman–Crippen MR) is 108 cm³/mol. The first-order valence-electron chi connectivity index (χ1n) is 9.91. The maximum absolute atomic E-state index is 13.3. The number of amides is 1. The van der Waals surface area contributed by atoms with Crippen molar-refractivity contribution >= 4 is 17.5 Å². The van der Waals surface area contributed by atoms with Gasteiger partial charge in [0.05, 0.1) is 11.6 Å². The molecule has 5 atom stereocenters. The summed E-state index contributed by atoms with van der Waals surface area (Å²) in [5.74, 6) is -6.81. The maximum Gasteiger partial charge on any atom is 0.255 e. The Labute approximate surface area is 178 Å². The number of phenols is 1. The molecule has 0 radical (unpaired) electrons.